The Morgan fingerprint density at radius 3 is 2.55 bits per heavy atom. The van der Waals surface area contributed by atoms with E-state index in [0.717, 1.165) is 54.0 Å². The van der Waals surface area contributed by atoms with Crippen LogP contribution in [0.2, 0.25) is 0 Å². The van der Waals surface area contributed by atoms with Crippen LogP contribution in [0.3, 0.4) is 0 Å². The van der Waals surface area contributed by atoms with Gasteiger partial charge in [0, 0.05) is 32.4 Å². The van der Waals surface area contributed by atoms with Gasteiger partial charge in [-0.3, -0.25) is 4.79 Å². The van der Waals surface area contributed by atoms with Crippen LogP contribution in [0.4, 0.5) is 5.69 Å². The molecule has 3 aromatic rings. The minimum absolute atomic E-state index is 0.115. The monoisotopic (exact) mass is 418 g/mol. The maximum Gasteiger partial charge on any atom is 0.229 e. The fourth-order valence-electron chi connectivity index (χ4n) is 4.20. The minimum Gasteiger partial charge on any atom is -0.497 e. The Balaban J connectivity index is 1.50. The zero-order valence-corrected chi connectivity index (χ0v) is 18.5. The summed E-state index contributed by atoms with van der Waals surface area (Å²) in [6.45, 7) is 5.82. The van der Waals surface area contributed by atoms with Crippen LogP contribution in [0.25, 0.3) is 10.8 Å². The van der Waals surface area contributed by atoms with E-state index in [-0.39, 0.29) is 11.8 Å². The quantitative estimate of drug-likeness (QED) is 0.593. The van der Waals surface area contributed by atoms with E-state index in [2.05, 4.69) is 35.2 Å². The third kappa shape index (κ3) is 4.67. The topological polar surface area (TPSA) is 42.0 Å². The van der Waals surface area contributed by atoms with E-state index in [4.69, 9.17) is 9.47 Å². The van der Waals surface area contributed by atoms with Crippen LogP contribution in [0.1, 0.15) is 24.0 Å². The van der Waals surface area contributed by atoms with Gasteiger partial charge in [0.05, 0.1) is 26.2 Å². The molecule has 1 atom stereocenters. The van der Waals surface area contributed by atoms with Crippen molar-refractivity contribution in [2.24, 2.45) is 0 Å². The predicted octanol–water partition coefficient (Wildman–Crippen LogP) is 4.45. The van der Waals surface area contributed by atoms with Gasteiger partial charge in [-0.05, 0) is 47.0 Å². The molecule has 0 spiro atoms. The maximum absolute atomic E-state index is 13.2. The van der Waals surface area contributed by atoms with Gasteiger partial charge in [-0.25, -0.2) is 0 Å². The average Bonchev–Trinajstić information content (AvgIpc) is 2.83. The first kappa shape index (κ1) is 21.2. The summed E-state index contributed by atoms with van der Waals surface area (Å²) in [6, 6.07) is 20.6. The van der Waals surface area contributed by atoms with Crippen molar-refractivity contribution in [1.29, 1.82) is 0 Å². The van der Waals surface area contributed by atoms with Crippen LogP contribution in [0, 0.1) is 0 Å². The van der Waals surface area contributed by atoms with Crippen LogP contribution < -0.4 is 9.64 Å². The van der Waals surface area contributed by atoms with E-state index in [0.29, 0.717) is 6.54 Å². The molecular formula is C26H30N2O3. The van der Waals surface area contributed by atoms with Crippen molar-refractivity contribution in [2.45, 2.75) is 19.4 Å². The summed E-state index contributed by atoms with van der Waals surface area (Å²) in [4.78, 5) is 17.4. The highest BCUT2D eigenvalue weighted by atomic mass is 16.5. The third-order valence-electron chi connectivity index (χ3n) is 6.07. The van der Waals surface area contributed by atoms with E-state index in [1.807, 2.05) is 49.2 Å². The number of para-hydroxylation sites is 1. The van der Waals surface area contributed by atoms with Crippen molar-refractivity contribution in [3.63, 3.8) is 0 Å². The Hall–Kier alpha value is -3.05. The molecule has 0 aromatic heterocycles. The summed E-state index contributed by atoms with van der Waals surface area (Å²) in [5, 5.41) is 2.22. The van der Waals surface area contributed by atoms with E-state index in [1.54, 1.807) is 7.11 Å². The third-order valence-corrected chi connectivity index (χ3v) is 6.07. The molecule has 1 unspecified atom stereocenters. The predicted molar refractivity (Wildman–Crippen MR) is 125 cm³/mol. The largest absolute Gasteiger partial charge is 0.497 e. The number of likely N-dealkylation sites (N-methyl/N-ethyl adjacent to an activating group) is 1. The smallest absolute Gasteiger partial charge is 0.229 e. The summed E-state index contributed by atoms with van der Waals surface area (Å²) in [5.74, 6) is 0.736. The Kier molecular flexibility index (Phi) is 6.42. The van der Waals surface area contributed by atoms with E-state index >= 15 is 0 Å². The summed E-state index contributed by atoms with van der Waals surface area (Å²) >= 11 is 0. The molecule has 1 aliphatic rings. The number of morpholine rings is 1. The van der Waals surface area contributed by atoms with Gasteiger partial charge in [-0.1, -0.05) is 42.5 Å². The lowest BCUT2D eigenvalue weighted by atomic mass is 9.96. The second-order valence-corrected chi connectivity index (χ2v) is 8.12. The van der Waals surface area contributed by atoms with Gasteiger partial charge in [0.15, 0.2) is 0 Å². The van der Waals surface area contributed by atoms with E-state index in [1.165, 1.54) is 5.69 Å². The highest BCUT2D eigenvalue weighted by molar-refractivity contribution is 5.88. The van der Waals surface area contributed by atoms with Gasteiger partial charge in [0.25, 0.3) is 0 Å². The van der Waals surface area contributed by atoms with Crippen LogP contribution >= 0.6 is 0 Å². The molecule has 162 valence electrons. The number of ether oxygens (including phenoxy) is 2. The van der Waals surface area contributed by atoms with Gasteiger partial charge < -0.3 is 19.3 Å². The second-order valence-electron chi connectivity index (χ2n) is 8.12. The van der Waals surface area contributed by atoms with Crippen LogP contribution in [-0.2, 0) is 16.1 Å². The standard InChI is InChI=1S/C26H30N2O3/c1-19(20-8-9-22-17-24(30-3)11-10-21(22)16-20)26(29)27(2)18-23-6-4-5-7-25(23)28-12-14-31-15-13-28/h4-11,16-17,19H,12-15,18H2,1-3H3. The molecule has 4 rings (SSSR count). The zero-order chi connectivity index (χ0) is 21.8. The van der Waals surface area contributed by atoms with Crippen LogP contribution in [0.5, 0.6) is 5.75 Å². The number of benzene rings is 3. The van der Waals surface area contributed by atoms with Crippen molar-refractivity contribution in [3.05, 3.63) is 71.8 Å². The number of carbonyl (C=O) groups is 1. The van der Waals surface area contributed by atoms with Crippen molar-refractivity contribution >= 4 is 22.4 Å². The summed E-state index contributed by atoms with van der Waals surface area (Å²) in [6.07, 6.45) is 0. The Labute approximate surface area is 184 Å². The molecule has 0 saturated carbocycles. The molecule has 3 aromatic carbocycles. The Morgan fingerprint density at radius 1 is 1.06 bits per heavy atom. The Bertz CT molecular complexity index is 1060. The normalized spacial score (nSPS) is 15.0. The van der Waals surface area contributed by atoms with E-state index < -0.39 is 0 Å². The van der Waals surface area contributed by atoms with Gasteiger partial charge in [0.2, 0.25) is 5.91 Å². The Morgan fingerprint density at radius 2 is 1.77 bits per heavy atom. The SMILES string of the molecule is COc1ccc2cc(C(C)C(=O)N(C)Cc3ccccc3N3CCOCC3)ccc2c1. The number of amides is 1. The molecule has 1 heterocycles. The summed E-state index contributed by atoms with van der Waals surface area (Å²) < 4.78 is 10.8. The first-order chi connectivity index (χ1) is 15.1. The molecule has 0 N–H and O–H groups in total. The first-order valence-corrected chi connectivity index (χ1v) is 10.8. The van der Waals surface area contributed by atoms with Crippen molar-refractivity contribution in [2.75, 3.05) is 45.4 Å². The van der Waals surface area contributed by atoms with Crippen molar-refractivity contribution in [3.8, 4) is 5.75 Å². The summed E-state index contributed by atoms with van der Waals surface area (Å²) in [5.41, 5.74) is 3.38. The highest BCUT2D eigenvalue weighted by Gasteiger charge is 2.22. The van der Waals surface area contributed by atoms with Crippen LogP contribution in [-0.4, -0.2) is 51.3 Å². The minimum atomic E-state index is -0.216. The zero-order valence-electron chi connectivity index (χ0n) is 18.5. The van der Waals surface area contributed by atoms with E-state index in [9.17, 15) is 4.79 Å². The second kappa shape index (κ2) is 9.40. The number of fused-ring (bicyclic) bond motifs is 1. The molecule has 1 aliphatic heterocycles. The molecule has 0 bridgehead atoms. The van der Waals surface area contributed by atoms with Gasteiger partial charge in [-0.2, -0.15) is 0 Å². The number of methoxy groups -OCH3 is 1. The lowest BCUT2D eigenvalue weighted by Crippen LogP contribution is -2.37. The van der Waals surface area contributed by atoms with Crippen molar-refractivity contribution in [1.82, 2.24) is 4.90 Å². The first-order valence-electron chi connectivity index (χ1n) is 10.8. The number of hydrogen-bond donors (Lipinski definition) is 0. The molecule has 0 aliphatic carbocycles. The average molecular weight is 419 g/mol. The fraction of sp³-hybridized carbons (Fsp3) is 0.346. The number of carbonyl (C=O) groups excluding carboxylic acids is 1. The molecular weight excluding hydrogens is 388 g/mol. The molecule has 5 nitrogen and oxygen atoms in total. The molecule has 0 radical (unpaired) electrons. The summed E-state index contributed by atoms with van der Waals surface area (Å²) in [7, 11) is 3.56. The molecule has 31 heavy (non-hydrogen) atoms. The molecule has 1 fully saturated rings. The maximum atomic E-state index is 13.2. The molecule has 1 saturated heterocycles. The number of nitrogens with zero attached hydrogens (tertiary/aromatic N) is 2. The number of rotatable bonds is 6. The highest BCUT2D eigenvalue weighted by Crippen LogP contribution is 2.27. The van der Waals surface area contributed by atoms with Gasteiger partial charge in [-0.15, -0.1) is 0 Å². The number of anilines is 1. The van der Waals surface area contributed by atoms with Gasteiger partial charge >= 0.3 is 0 Å². The lowest BCUT2D eigenvalue weighted by Gasteiger charge is -2.32. The lowest BCUT2D eigenvalue weighted by molar-refractivity contribution is -0.131. The fourth-order valence-corrected chi connectivity index (χ4v) is 4.20. The van der Waals surface area contributed by atoms with Crippen molar-refractivity contribution < 1.29 is 14.3 Å². The molecule has 5 heteroatoms. The van der Waals surface area contributed by atoms with Crippen LogP contribution in [0.15, 0.2) is 60.7 Å². The molecule has 1 amide bonds. The van der Waals surface area contributed by atoms with Gasteiger partial charge in [0.1, 0.15) is 5.75 Å². The number of hydrogen-bond acceptors (Lipinski definition) is 4.